The van der Waals surface area contributed by atoms with Gasteiger partial charge in [0.25, 0.3) is 0 Å². The average Bonchev–Trinajstić information content (AvgIpc) is 2.77. The topological polar surface area (TPSA) is 12.4 Å². The molecule has 3 rings (SSSR count). The second-order valence-corrected chi connectivity index (χ2v) is 4.85. The summed E-state index contributed by atoms with van der Waals surface area (Å²) in [4.78, 5) is 4.90. The quantitative estimate of drug-likeness (QED) is 0.657. The zero-order chi connectivity index (χ0) is 10.3. The molecule has 2 atom stereocenters. The van der Waals surface area contributed by atoms with Crippen molar-refractivity contribution >= 4 is 5.71 Å². The lowest BCUT2D eigenvalue weighted by molar-refractivity contribution is 0.536. The Morgan fingerprint density at radius 1 is 1.20 bits per heavy atom. The van der Waals surface area contributed by atoms with Gasteiger partial charge >= 0.3 is 0 Å². The highest BCUT2D eigenvalue weighted by molar-refractivity contribution is 6.03. The number of fused-ring (bicyclic) bond motifs is 1. The van der Waals surface area contributed by atoms with E-state index >= 15 is 0 Å². The number of aryl methyl sites for hydroxylation is 1. The maximum Gasteiger partial charge on any atom is 0.0535 e. The summed E-state index contributed by atoms with van der Waals surface area (Å²) in [6, 6.07) is 9.29. The van der Waals surface area contributed by atoms with Gasteiger partial charge in [0, 0.05) is 5.71 Å². The van der Waals surface area contributed by atoms with Crippen molar-refractivity contribution in [1.82, 2.24) is 0 Å². The maximum absolute atomic E-state index is 4.90. The van der Waals surface area contributed by atoms with Crippen molar-refractivity contribution in [1.29, 1.82) is 0 Å². The van der Waals surface area contributed by atoms with Crippen LogP contribution in [0.5, 0.6) is 0 Å². The molecule has 0 radical (unpaired) electrons. The van der Waals surface area contributed by atoms with Crippen LogP contribution in [0.15, 0.2) is 29.3 Å². The first-order chi connectivity index (χ1) is 7.34. The molecule has 1 aromatic carbocycles. The molecule has 1 aromatic rings. The van der Waals surface area contributed by atoms with E-state index in [-0.39, 0.29) is 0 Å². The highest BCUT2D eigenvalue weighted by Gasteiger charge is 2.33. The number of hydrogen-bond donors (Lipinski definition) is 0. The summed E-state index contributed by atoms with van der Waals surface area (Å²) in [6.07, 6.45) is 5.32. The van der Waals surface area contributed by atoms with Crippen molar-refractivity contribution in [3.63, 3.8) is 0 Å². The van der Waals surface area contributed by atoms with Gasteiger partial charge in [-0.3, -0.25) is 4.99 Å². The summed E-state index contributed by atoms with van der Waals surface area (Å²) in [5, 5.41) is 0. The molecule has 1 aliphatic carbocycles. The molecule has 1 heteroatoms. The van der Waals surface area contributed by atoms with Crippen molar-refractivity contribution in [2.24, 2.45) is 10.9 Å². The van der Waals surface area contributed by atoms with E-state index in [1.165, 1.54) is 42.5 Å². The first-order valence-corrected chi connectivity index (χ1v) is 5.97. The molecule has 1 aliphatic heterocycles. The maximum atomic E-state index is 4.90. The standard InChI is InChI=1S/C14H17N/c1-10-5-2-3-7-12(10)14-9-11-6-4-8-13(11)15-14/h2-3,5,7,11,13H,4,6,8-9H2,1H3/t11-,13-/m1/s1. The first-order valence-electron chi connectivity index (χ1n) is 5.97. The molecule has 1 saturated carbocycles. The molecule has 0 amide bonds. The molecule has 78 valence electrons. The smallest absolute Gasteiger partial charge is 0.0535 e. The van der Waals surface area contributed by atoms with E-state index in [9.17, 15) is 0 Å². The number of rotatable bonds is 1. The highest BCUT2D eigenvalue weighted by atomic mass is 14.9. The molecule has 2 aliphatic rings. The second kappa shape index (κ2) is 3.48. The Balaban J connectivity index is 1.93. The zero-order valence-electron chi connectivity index (χ0n) is 9.24. The lowest BCUT2D eigenvalue weighted by Crippen LogP contribution is -2.05. The normalized spacial score (nSPS) is 29.0. The number of nitrogens with zero attached hydrogens (tertiary/aromatic N) is 1. The lowest BCUT2D eigenvalue weighted by atomic mass is 9.96. The molecule has 1 fully saturated rings. The Labute approximate surface area is 91.2 Å². The molecule has 0 N–H and O–H groups in total. The van der Waals surface area contributed by atoms with E-state index in [0.717, 1.165) is 5.92 Å². The summed E-state index contributed by atoms with van der Waals surface area (Å²) in [5.41, 5.74) is 4.12. The van der Waals surface area contributed by atoms with Gasteiger partial charge in [0.15, 0.2) is 0 Å². The highest BCUT2D eigenvalue weighted by Crippen LogP contribution is 2.37. The lowest BCUT2D eigenvalue weighted by Gasteiger charge is -2.06. The second-order valence-electron chi connectivity index (χ2n) is 4.85. The number of benzene rings is 1. The van der Waals surface area contributed by atoms with Crippen LogP contribution in [0, 0.1) is 12.8 Å². The van der Waals surface area contributed by atoms with Crippen LogP contribution < -0.4 is 0 Å². The van der Waals surface area contributed by atoms with Gasteiger partial charge in [-0.05, 0) is 43.2 Å². The van der Waals surface area contributed by atoms with Gasteiger partial charge < -0.3 is 0 Å². The van der Waals surface area contributed by atoms with E-state index in [1.54, 1.807) is 0 Å². The largest absolute Gasteiger partial charge is 0.286 e. The van der Waals surface area contributed by atoms with Gasteiger partial charge in [0.2, 0.25) is 0 Å². The van der Waals surface area contributed by atoms with E-state index < -0.39 is 0 Å². The number of aliphatic imine (C=N–C) groups is 1. The molecular weight excluding hydrogens is 182 g/mol. The minimum Gasteiger partial charge on any atom is -0.286 e. The molecule has 0 unspecified atom stereocenters. The van der Waals surface area contributed by atoms with Crippen LogP contribution in [0.3, 0.4) is 0 Å². The van der Waals surface area contributed by atoms with Crippen molar-refractivity contribution in [2.45, 2.75) is 38.6 Å². The zero-order valence-corrected chi connectivity index (χ0v) is 9.24. The fraction of sp³-hybridized carbons (Fsp3) is 0.500. The fourth-order valence-electron chi connectivity index (χ4n) is 3.00. The summed E-state index contributed by atoms with van der Waals surface area (Å²) >= 11 is 0. The summed E-state index contributed by atoms with van der Waals surface area (Å²) < 4.78 is 0. The van der Waals surface area contributed by atoms with Crippen LogP contribution in [0.1, 0.15) is 36.8 Å². The first kappa shape index (κ1) is 9.14. The van der Waals surface area contributed by atoms with Gasteiger partial charge in [0.05, 0.1) is 6.04 Å². The van der Waals surface area contributed by atoms with Gasteiger partial charge in [-0.25, -0.2) is 0 Å². The summed E-state index contributed by atoms with van der Waals surface area (Å²) in [5.74, 6) is 0.861. The Kier molecular flexibility index (Phi) is 2.12. The monoisotopic (exact) mass is 199 g/mol. The minimum absolute atomic E-state index is 0.652. The van der Waals surface area contributed by atoms with Crippen LogP contribution in [-0.4, -0.2) is 11.8 Å². The third-order valence-electron chi connectivity index (χ3n) is 3.85. The van der Waals surface area contributed by atoms with E-state index in [0.29, 0.717) is 6.04 Å². The Morgan fingerprint density at radius 2 is 2.07 bits per heavy atom. The third-order valence-corrected chi connectivity index (χ3v) is 3.85. The predicted octanol–water partition coefficient (Wildman–Crippen LogP) is 3.36. The third kappa shape index (κ3) is 1.50. The van der Waals surface area contributed by atoms with Crippen LogP contribution in [0.2, 0.25) is 0 Å². The van der Waals surface area contributed by atoms with Gasteiger partial charge in [-0.2, -0.15) is 0 Å². The van der Waals surface area contributed by atoms with E-state index in [4.69, 9.17) is 4.99 Å². The molecule has 0 bridgehead atoms. The van der Waals surface area contributed by atoms with Gasteiger partial charge in [-0.15, -0.1) is 0 Å². The minimum atomic E-state index is 0.652. The van der Waals surface area contributed by atoms with E-state index in [1.807, 2.05) is 0 Å². The van der Waals surface area contributed by atoms with Gasteiger partial charge in [0.1, 0.15) is 0 Å². The fourth-order valence-corrected chi connectivity index (χ4v) is 3.00. The number of hydrogen-bond acceptors (Lipinski definition) is 1. The Morgan fingerprint density at radius 3 is 2.87 bits per heavy atom. The van der Waals surface area contributed by atoms with Gasteiger partial charge in [-0.1, -0.05) is 30.7 Å². The molecule has 1 heterocycles. The van der Waals surface area contributed by atoms with Crippen molar-refractivity contribution in [3.05, 3.63) is 35.4 Å². The molecule has 0 spiro atoms. The Hall–Kier alpha value is -1.11. The van der Waals surface area contributed by atoms with Crippen molar-refractivity contribution in [2.75, 3.05) is 0 Å². The molecule has 0 saturated heterocycles. The van der Waals surface area contributed by atoms with Crippen LogP contribution in [0.4, 0.5) is 0 Å². The molecular formula is C14H17N. The van der Waals surface area contributed by atoms with E-state index in [2.05, 4.69) is 31.2 Å². The van der Waals surface area contributed by atoms with Crippen molar-refractivity contribution < 1.29 is 0 Å². The van der Waals surface area contributed by atoms with Crippen LogP contribution >= 0.6 is 0 Å². The molecule has 1 nitrogen and oxygen atoms in total. The predicted molar refractivity (Wildman–Crippen MR) is 63.5 cm³/mol. The molecule has 0 aromatic heterocycles. The van der Waals surface area contributed by atoms with Crippen LogP contribution in [0.25, 0.3) is 0 Å². The average molecular weight is 199 g/mol. The SMILES string of the molecule is Cc1ccccc1C1=N[C@@H]2CCC[C@@H]2C1. The Bertz CT molecular complexity index is 406. The van der Waals surface area contributed by atoms with Crippen molar-refractivity contribution in [3.8, 4) is 0 Å². The summed E-state index contributed by atoms with van der Waals surface area (Å²) in [6.45, 7) is 2.19. The molecule has 15 heavy (non-hydrogen) atoms. The summed E-state index contributed by atoms with van der Waals surface area (Å²) in [7, 11) is 0. The van der Waals surface area contributed by atoms with Crippen LogP contribution in [-0.2, 0) is 0 Å².